The third-order valence-corrected chi connectivity index (χ3v) is 3.66. The molecule has 4 N–H and O–H groups in total. The molecule has 0 amide bonds. The Balaban J connectivity index is 3.09. The van der Waals surface area contributed by atoms with Crippen molar-refractivity contribution in [2.75, 3.05) is 36.9 Å². The summed E-state index contributed by atoms with van der Waals surface area (Å²) in [6, 6.07) is 4.71. The number of sulfonamides is 1. The summed E-state index contributed by atoms with van der Waals surface area (Å²) in [4.78, 5) is 1.94. The Labute approximate surface area is 114 Å². The van der Waals surface area contributed by atoms with Gasteiger partial charge >= 0.3 is 0 Å². The van der Waals surface area contributed by atoms with Crippen LogP contribution in [-0.4, -0.2) is 34.7 Å². The van der Waals surface area contributed by atoms with Crippen LogP contribution in [0.2, 0.25) is 0 Å². The van der Waals surface area contributed by atoms with Crippen LogP contribution in [0.15, 0.2) is 23.1 Å². The summed E-state index contributed by atoms with van der Waals surface area (Å²) in [6.45, 7) is 6.25. The average Bonchev–Trinajstić information content (AvgIpc) is 2.34. The van der Waals surface area contributed by atoms with Crippen LogP contribution in [0.1, 0.15) is 13.8 Å². The number of nitrogen functional groups attached to an aromatic ring is 1. The molecule has 1 rings (SSSR count). The van der Waals surface area contributed by atoms with Crippen LogP contribution in [-0.2, 0) is 14.8 Å². The molecule has 0 aromatic heterocycles. The molecule has 1 aromatic carbocycles. The Morgan fingerprint density at radius 3 is 2.53 bits per heavy atom. The van der Waals surface area contributed by atoms with Crippen molar-refractivity contribution in [1.29, 1.82) is 0 Å². The minimum absolute atomic E-state index is 0.0471. The molecule has 0 radical (unpaired) electrons. The van der Waals surface area contributed by atoms with Crippen LogP contribution in [0.3, 0.4) is 0 Å². The van der Waals surface area contributed by atoms with E-state index in [1.807, 2.05) is 18.7 Å². The number of hydrogen-bond donors (Lipinski definition) is 2. The first-order chi connectivity index (χ1) is 8.90. The van der Waals surface area contributed by atoms with Crippen molar-refractivity contribution in [3.05, 3.63) is 18.2 Å². The lowest BCUT2D eigenvalue weighted by molar-refractivity contribution is 0.154. The Morgan fingerprint density at radius 1 is 1.32 bits per heavy atom. The highest BCUT2D eigenvalue weighted by Gasteiger charge is 2.18. The summed E-state index contributed by atoms with van der Waals surface area (Å²) >= 11 is 0. The van der Waals surface area contributed by atoms with Crippen molar-refractivity contribution in [3.63, 3.8) is 0 Å². The summed E-state index contributed by atoms with van der Waals surface area (Å²) in [5, 5.41) is 5.23. The molecule has 0 atom stereocenters. The van der Waals surface area contributed by atoms with Crippen molar-refractivity contribution in [1.82, 2.24) is 0 Å². The molecule has 0 fully saturated rings. The van der Waals surface area contributed by atoms with Crippen molar-refractivity contribution in [3.8, 4) is 0 Å². The zero-order valence-corrected chi connectivity index (χ0v) is 12.1. The van der Waals surface area contributed by atoms with Crippen LogP contribution in [0.25, 0.3) is 0 Å². The highest BCUT2D eigenvalue weighted by Crippen LogP contribution is 2.26. The fourth-order valence-electron chi connectivity index (χ4n) is 1.79. The van der Waals surface area contributed by atoms with Crippen LogP contribution in [0, 0.1) is 0 Å². The van der Waals surface area contributed by atoms with E-state index in [1.54, 1.807) is 12.1 Å². The molecule has 0 aliphatic carbocycles. The molecule has 0 aliphatic rings. The second-order valence-electron chi connectivity index (χ2n) is 4.05. The number of ether oxygens (including phenoxy) is 1. The van der Waals surface area contributed by atoms with Gasteiger partial charge in [-0.15, -0.1) is 0 Å². The SMILES string of the molecule is CCOCCN(CC)c1ccc(N)cc1S(N)(=O)=O. The lowest BCUT2D eigenvalue weighted by atomic mass is 10.2. The maximum Gasteiger partial charge on any atom is 0.240 e. The second-order valence-corrected chi connectivity index (χ2v) is 5.58. The van der Waals surface area contributed by atoms with E-state index in [1.165, 1.54) is 6.07 Å². The summed E-state index contributed by atoms with van der Waals surface area (Å²) < 4.78 is 28.5. The van der Waals surface area contributed by atoms with Crippen molar-refractivity contribution >= 4 is 21.4 Å². The third kappa shape index (κ3) is 4.38. The van der Waals surface area contributed by atoms with Gasteiger partial charge in [-0.1, -0.05) is 0 Å². The molecule has 0 saturated carbocycles. The van der Waals surface area contributed by atoms with E-state index in [2.05, 4.69) is 0 Å². The summed E-state index contributed by atoms with van der Waals surface area (Å²) in [6.07, 6.45) is 0. The molecule has 6 nitrogen and oxygen atoms in total. The summed E-state index contributed by atoms with van der Waals surface area (Å²) in [5.41, 5.74) is 6.55. The first-order valence-electron chi connectivity index (χ1n) is 6.15. The first-order valence-corrected chi connectivity index (χ1v) is 7.69. The lowest BCUT2D eigenvalue weighted by Crippen LogP contribution is -2.29. The fourth-order valence-corrected chi connectivity index (χ4v) is 2.58. The van der Waals surface area contributed by atoms with Crippen molar-refractivity contribution < 1.29 is 13.2 Å². The molecular formula is C12H21N3O3S. The Bertz CT molecular complexity index is 517. The minimum atomic E-state index is -3.80. The zero-order chi connectivity index (χ0) is 14.5. The van der Waals surface area contributed by atoms with Crippen molar-refractivity contribution in [2.45, 2.75) is 18.7 Å². The Hall–Kier alpha value is -1.31. The molecule has 108 valence electrons. The number of anilines is 2. The van der Waals surface area contributed by atoms with E-state index in [-0.39, 0.29) is 4.90 Å². The van der Waals surface area contributed by atoms with Gasteiger partial charge in [-0.2, -0.15) is 0 Å². The predicted octanol–water partition coefficient (Wildman–Crippen LogP) is 0.779. The smallest absolute Gasteiger partial charge is 0.240 e. The second kappa shape index (κ2) is 6.74. The summed E-state index contributed by atoms with van der Waals surface area (Å²) in [5.74, 6) is 0. The van der Waals surface area contributed by atoms with E-state index >= 15 is 0 Å². The van der Waals surface area contributed by atoms with Gasteiger partial charge in [-0.25, -0.2) is 13.6 Å². The predicted molar refractivity (Wildman–Crippen MR) is 76.6 cm³/mol. The quantitative estimate of drug-likeness (QED) is 0.570. The minimum Gasteiger partial charge on any atom is -0.399 e. The molecule has 19 heavy (non-hydrogen) atoms. The van der Waals surface area contributed by atoms with Gasteiger partial charge in [0.15, 0.2) is 0 Å². The topological polar surface area (TPSA) is 98.7 Å². The van der Waals surface area contributed by atoms with Gasteiger partial charge in [0.05, 0.1) is 12.3 Å². The number of rotatable bonds is 7. The van der Waals surface area contributed by atoms with E-state index < -0.39 is 10.0 Å². The number of likely N-dealkylation sites (N-methyl/N-ethyl adjacent to an activating group) is 1. The highest BCUT2D eigenvalue weighted by atomic mass is 32.2. The Morgan fingerprint density at radius 2 is 2.00 bits per heavy atom. The van der Waals surface area contributed by atoms with Gasteiger partial charge in [0.1, 0.15) is 4.90 Å². The molecule has 0 unspecified atom stereocenters. The average molecular weight is 287 g/mol. The normalized spacial score (nSPS) is 11.5. The molecule has 0 saturated heterocycles. The Kier molecular flexibility index (Phi) is 5.59. The van der Waals surface area contributed by atoms with Crippen LogP contribution < -0.4 is 15.8 Å². The van der Waals surface area contributed by atoms with Gasteiger partial charge in [-0.05, 0) is 32.0 Å². The number of nitrogens with two attached hydrogens (primary N) is 2. The van der Waals surface area contributed by atoms with Gasteiger partial charge < -0.3 is 15.4 Å². The van der Waals surface area contributed by atoms with E-state index in [9.17, 15) is 8.42 Å². The lowest BCUT2D eigenvalue weighted by Gasteiger charge is -2.25. The fraction of sp³-hybridized carbons (Fsp3) is 0.500. The monoisotopic (exact) mass is 287 g/mol. The molecular weight excluding hydrogens is 266 g/mol. The number of hydrogen-bond acceptors (Lipinski definition) is 5. The highest BCUT2D eigenvalue weighted by molar-refractivity contribution is 7.89. The molecule has 0 heterocycles. The standard InChI is InChI=1S/C12H21N3O3S/c1-3-15(7-8-18-4-2)11-6-5-10(13)9-12(11)19(14,16)17/h5-6,9H,3-4,7-8,13H2,1-2H3,(H2,14,16,17). The molecule has 0 aliphatic heterocycles. The number of benzene rings is 1. The van der Waals surface area contributed by atoms with Gasteiger partial charge in [0.2, 0.25) is 10.0 Å². The van der Waals surface area contributed by atoms with E-state index in [0.29, 0.717) is 37.7 Å². The molecule has 7 heteroatoms. The van der Waals surface area contributed by atoms with Crippen molar-refractivity contribution in [2.24, 2.45) is 5.14 Å². The number of nitrogens with zero attached hydrogens (tertiary/aromatic N) is 1. The van der Waals surface area contributed by atoms with E-state index in [4.69, 9.17) is 15.6 Å². The molecule has 0 bridgehead atoms. The molecule has 1 aromatic rings. The van der Waals surface area contributed by atoms with Crippen LogP contribution >= 0.6 is 0 Å². The third-order valence-electron chi connectivity index (χ3n) is 2.72. The van der Waals surface area contributed by atoms with Crippen LogP contribution in [0.5, 0.6) is 0 Å². The maximum atomic E-state index is 11.6. The van der Waals surface area contributed by atoms with Gasteiger partial charge in [0, 0.05) is 25.4 Å². The largest absolute Gasteiger partial charge is 0.399 e. The first kappa shape index (κ1) is 15.7. The van der Waals surface area contributed by atoms with Gasteiger partial charge in [-0.3, -0.25) is 0 Å². The molecule has 0 spiro atoms. The number of primary sulfonamides is 1. The summed E-state index contributed by atoms with van der Waals surface area (Å²) in [7, 11) is -3.80. The van der Waals surface area contributed by atoms with Gasteiger partial charge in [0.25, 0.3) is 0 Å². The zero-order valence-electron chi connectivity index (χ0n) is 11.3. The van der Waals surface area contributed by atoms with Crippen LogP contribution in [0.4, 0.5) is 11.4 Å². The van der Waals surface area contributed by atoms with E-state index in [0.717, 1.165) is 0 Å². The maximum absolute atomic E-state index is 11.6.